The standard InChI is InChI=1S/C24H20F3N5O/c1-31-11-15(10-30-31)14-4-6-17(18(8-14)24(25,26)27)22-21(13-2-3-13)23(33)32(22)16-5-7-19-20(9-16)29-12-28-19/h4-13,21-22H,2-3H2,1H3,(H,28,29). The van der Waals surface area contributed by atoms with E-state index in [0.29, 0.717) is 16.8 Å². The van der Waals surface area contributed by atoms with Crippen molar-refractivity contribution in [2.75, 3.05) is 4.90 Å². The summed E-state index contributed by atoms with van der Waals surface area (Å²) < 4.78 is 44.4. The normalized spacial score (nSPS) is 21.0. The predicted octanol–water partition coefficient (Wildman–Crippen LogP) is 5.10. The number of hydrogen-bond acceptors (Lipinski definition) is 3. The smallest absolute Gasteiger partial charge is 0.345 e. The zero-order valence-electron chi connectivity index (χ0n) is 17.7. The van der Waals surface area contributed by atoms with Crippen LogP contribution in [0.5, 0.6) is 0 Å². The Morgan fingerprint density at radius 1 is 1.09 bits per heavy atom. The van der Waals surface area contributed by atoms with Crippen LogP contribution in [-0.4, -0.2) is 25.7 Å². The van der Waals surface area contributed by atoms with Crippen LogP contribution >= 0.6 is 0 Å². The number of H-pyrrole nitrogens is 1. The summed E-state index contributed by atoms with van der Waals surface area (Å²) in [5.41, 5.74) is 2.52. The van der Waals surface area contributed by atoms with Gasteiger partial charge in [-0.25, -0.2) is 4.98 Å². The Morgan fingerprint density at radius 2 is 1.91 bits per heavy atom. The molecule has 1 aliphatic carbocycles. The second-order valence-electron chi connectivity index (χ2n) is 8.82. The van der Waals surface area contributed by atoms with E-state index >= 15 is 0 Å². The molecule has 168 valence electrons. The molecule has 2 aliphatic rings. The number of amides is 1. The maximum Gasteiger partial charge on any atom is 0.416 e. The van der Waals surface area contributed by atoms with Crippen molar-refractivity contribution in [2.24, 2.45) is 18.9 Å². The number of imidazole rings is 1. The second-order valence-corrected chi connectivity index (χ2v) is 8.82. The van der Waals surface area contributed by atoms with Gasteiger partial charge in [0.15, 0.2) is 0 Å². The highest BCUT2D eigenvalue weighted by Gasteiger charge is 2.56. The van der Waals surface area contributed by atoms with Crippen LogP contribution in [0.3, 0.4) is 0 Å². The van der Waals surface area contributed by atoms with Gasteiger partial charge < -0.3 is 9.88 Å². The molecule has 6 nitrogen and oxygen atoms in total. The number of rotatable bonds is 4. The average Bonchev–Trinajstić information content (AvgIpc) is 3.30. The number of carbonyl (C=O) groups excluding carboxylic acids is 1. The average molecular weight is 451 g/mol. The van der Waals surface area contributed by atoms with E-state index < -0.39 is 23.7 Å². The maximum atomic E-state index is 14.3. The largest absolute Gasteiger partial charge is 0.416 e. The first-order valence-corrected chi connectivity index (χ1v) is 10.8. The molecule has 2 aromatic carbocycles. The van der Waals surface area contributed by atoms with Crippen LogP contribution in [0.4, 0.5) is 18.9 Å². The number of fused-ring (bicyclic) bond motifs is 1. The SMILES string of the molecule is Cn1cc(-c2ccc(C3C(C4CC4)C(=O)N3c3ccc4nc[nH]c4c3)c(C(F)(F)F)c2)cn1. The molecule has 33 heavy (non-hydrogen) atoms. The van der Waals surface area contributed by atoms with Gasteiger partial charge in [-0.15, -0.1) is 0 Å². The van der Waals surface area contributed by atoms with Gasteiger partial charge in [-0.3, -0.25) is 9.48 Å². The van der Waals surface area contributed by atoms with E-state index in [-0.39, 0.29) is 17.4 Å². The molecule has 1 aliphatic heterocycles. The Bertz CT molecular complexity index is 1380. The lowest BCUT2D eigenvalue weighted by molar-refractivity contribution is -0.141. The molecule has 1 saturated heterocycles. The zero-order valence-corrected chi connectivity index (χ0v) is 17.7. The molecule has 2 atom stereocenters. The van der Waals surface area contributed by atoms with Crippen molar-refractivity contribution >= 4 is 22.6 Å². The van der Waals surface area contributed by atoms with E-state index in [1.165, 1.54) is 17.0 Å². The van der Waals surface area contributed by atoms with E-state index in [9.17, 15) is 18.0 Å². The summed E-state index contributed by atoms with van der Waals surface area (Å²) in [5, 5.41) is 4.07. The van der Waals surface area contributed by atoms with Crippen molar-refractivity contribution in [2.45, 2.75) is 25.1 Å². The van der Waals surface area contributed by atoms with E-state index in [1.54, 1.807) is 54.7 Å². The molecule has 3 heterocycles. The molecule has 1 N–H and O–H groups in total. The number of anilines is 1. The number of aryl methyl sites for hydroxylation is 1. The molecule has 2 fully saturated rings. The van der Waals surface area contributed by atoms with Crippen LogP contribution < -0.4 is 4.90 Å². The van der Waals surface area contributed by atoms with Gasteiger partial charge in [0.05, 0.1) is 41.1 Å². The molecule has 0 spiro atoms. The predicted molar refractivity (Wildman–Crippen MR) is 116 cm³/mol. The van der Waals surface area contributed by atoms with Crippen molar-refractivity contribution in [3.05, 3.63) is 66.2 Å². The minimum atomic E-state index is -4.56. The van der Waals surface area contributed by atoms with Crippen LogP contribution in [0.15, 0.2) is 55.1 Å². The number of β-lactam (4-membered cyclic amide) rings is 1. The van der Waals surface area contributed by atoms with Crippen molar-refractivity contribution < 1.29 is 18.0 Å². The van der Waals surface area contributed by atoms with E-state index in [0.717, 1.165) is 23.9 Å². The molecule has 2 unspecified atom stereocenters. The molecule has 9 heteroatoms. The van der Waals surface area contributed by atoms with Gasteiger partial charge in [0.1, 0.15) is 0 Å². The fourth-order valence-corrected chi connectivity index (χ4v) is 4.93. The minimum Gasteiger partial charge on any atom is -0.345 e. The van der Waals surface area contributed by atoms with Crippen LogP contribution in [0.25, 0.3) is 22.2 Å². The lowest BCUT2D eigenvalue weighted by Crippen LogP contribution is -2.56. The number of halogens is 3. The van der Waals surface area contributed by atoms with Gasteiger partial charge in [0.25, 0.3) is 0 Å². The second kappa shape index (κ2) is 6.94. The highest BCUT2D eigenvalue weighted by atomic mass is 19.4. The number of benzene rings is 2. The molecule has 1 amide bonds. The monoisotopic (exact) mass is 451 g/mol. The number of aromatic amines is 1. The van der Waals surface area contributed by atoms with E-state index in [1.807, 2.05) is 0 Å². The number of alkyl halides is 3. The fourth-order valence-electron chi connectivity index (χ4n) is 4.93. The molecule has 0 radical (unpaired) electrons. The molecular weight excluding hydrogens is 431 g/mol. The molecule has 6 rings (SSSR count). The topological polar surface area (TPSA) is 66.8 Å². The third kappa shape index (κ3) is 3.21. The third-order valence-electron chi connectivity index (χ3n) is 6.67. The van der Waals surface area contributed by atoms with Gasteiger partial charge in [0.2, 0.25) is 5.91 Å². The highest BCUT2D eigenvalue weighted by molar-refractivity contribution is 6.04. The summed E-state index contributed by atoms with van der Waals surface area (Å²) in [6.45, 7) is 0. The summed E-state index contributed by atoms with van der Waals surface area (Å²) in [6.07, 6.45) is 1.96. The zero-order chi connectivity index (χ0) is 22.9. The number of nitrogens with zero attached hydrogens (tertiary/aromatic N) is 4. The number of carbonyl (C=O) groups is 1. The first-order valence-electron chi connectivity index (χ1n) is 10.8. The summed E-state index contributed by atoms with van der Waals surface area (Å²) in [7, 11) is 1.72. The first-order chi connectivity index (χ1) is 15.8. The summed E-state index contributed by atoms with van der Waals surface area (Å²) in [6, 6.07) is 9.01. The Labute approximate surface area is 187 Å². The van der Waals surface area contributed by atoms with Crippen LogP contribution in [0, 0.1) is 11.8 Å². The van der Waals surface area contributed by atoms with Crippen LogP contribution in [0.1, 0.15) is 30.0 Å². The van der Waals surface area contributed by atoms with Crippen molar-refractivity contribution in [3.63, 3.8) is 0 Å². The van der Waals surface area contributed by atoms with Gasteiger partial charge in [-0.2, -0.15) is 18.3 Å². The van der Waals surface area contributed by atoms with Gasteiger partial charge >= 0.3 is 6.18 Å². The van der Waals surface area contributed by atoms with E-state index in [2.05, 4.69) is 15.1 Å². The Hall–Kier alpha value is -3.62. The van der Waals surface area contributed by atoms with Crippen LogP contribution in [-0.2, 0) is 18.0 Å². The van der Waals surface area contributed by atoms with Crippen molar-refractivity contribution in [1.29, 1.82) is 0 Å². The van der Waals surface area contributed by atoms with Crippen molar-refractivity contribution in [1.82, 2.24) is 19.7 Å². The summed E-state index contributed by atoms with van der Waals surface area (Å²) in [4.78, 5) is 21.9. The molecule has 2 aromatic heterocycles. The minimum absolute atomic E-state index is 0.120. The van der Waals surface area contributed by atoms with Crippen LogP contribution in [0.2, 0.25) is 0 Å². The Kier molecular flexibility index (Phi) is 4.21. The van der Waals surface area contributed by atoms with Gasteiger partial charge in [-0.05, 0) is 54.2 Å². The van der Waals surface area contributed by atoms with E-state index in [4.69, 9.17) is 0 Å². The Morgan fingerprint density at radius 3 is 2.61 bits per heavy atom. The number of aromatic nitrogens is 4. The molecular formula is C24H20F3N5O. The van der Waals surface area contributed by atoms with Gasteiger partial charge in [0, 0.05) is 24.5 Å². The third-order valence-corrected chi connectivity index (χ3v) is 6.67. The van der Waals surface area contributed by atoms with Crippen molar-refractivity contribution in [3.8, 4) is 11.1 Å². The lowest BCUT2D eigenvalue weighted by Gasteiger charge is -2.48. The Balaban J connectivity index is 1.47. The highest BCUT2D eigenvalue weighted by Crippen LogP contribution is 2.55. The maximum absolute atomic E-state index is 14.3. The summed E-state index contributed by atoms with van der Waals surface area (Å²) in [5.74, 6) is -0.424. The number of hydrogen-bond donors (Lipinski definition) is 1. The lowest BCUT2D eigenvalue weighted by atomic mass is 9.76. The van der Waals surface area contributed by atoms with Gasteiger partial charge in [-0.1, -0.05) is 12.1 Å². The fraction of sp³-hybridized carbons (Fsp3) is 0.292. The first kappa shape index (κ1) is 20.0. The molecule has 4 aromatic rings. The number of nitrogens with one attached hydrogen (secondary N) is 1. The quantitative estimate of drug-likeness (QED) is 0.439. The molecule has 0 bridgehead atoms. The summed E-state index contributed by atoms with van der Waals surface area (Å²) >= 11 is 0. The molecule has 1 saturated carbocycles.